The molecule has 0 spiro atoms. The molecular formula is C21H29IN4O5S. The van der Waals surface area contributed by atoms with Crippen molar-refractivity contribution in [3.8, 4) is 11.5 Å². The smallest absolute Gasteiger partial charge is 0.240 e. The van der Waals surface area contributed by atoms with Crippen LogP contribution >= 0.6 is 24.0 Å². The molecule has 0 aromatic heterocycles. The van der Waals surface area contributed by atoms with E-state index in [2.05, 4.69) is 20.3 Å². The number of benzene rings is 2. The third-order valence-electron chi connectivity index (χ3n) is 4.63. The van der Waals surface area contributed by atoms with Gasteiger partial charge in [-0.1, -0.05) is 18.2 Å². The molecule has 0 aliphatic carbocycles. The number of hydrogen-bond donors (Lipinski definition) is 3. The van der Waals surface area contributed by atoms with E-state index in [1.807, 2.05) is 24.3 Å². The Bertz CT molecular complexity index is 1020. The Balaban J connectivity index is 0.00000363. The minimum Gasteiger partial charge on any atom is -0.454 e. The number of fused-ring (bicyclic) bond motifs is 1. The first-order valence-electron chi connectivity index (χ1n) is 9.92. The Kier molecular flexibility index (Phi) is 10.5. The van der Waals surface area contributed by atoms with Gasteiger partial charge in [0.1, 0.15) is 0 Å². The van der Waals surface area contributed by atoms with E-state index in [0.717, 1.165) is 29.0 Å². The normalized spacial score (nSPS) is 12.9. The summed E-state index contributed by atoms with van der Waals surface area (Å²) >= 11 is 0. The van der Waals surface area contributed by atoms with Gasteiger partial charge in [0.15, 0.2) is 17.5 Å². The van der Waals surface area contributed by atoms with Gasteiger partial charge in [0.05, 0.1) is 11.5 Å². The molecule has 0 fully saturated rings. The van der Waals surface area contributed by atoms with Crippen molar-refractivity contribution in [2.45, 2.75) is 17.9 Å². The molecular weight excluding hydrogens is 547 g/mol. The first-order chi connectivity index (χ1) is 15.0. The molecule has 0 radical (unpaired) electrons. The lowest BCUT2D eigenvalue weighted by Crippen LogP contribution is -2.37. The van der Waals surface area contributed by atoms with Crippen LogP contribution in [0, 0.1) is 0 Å². The zero-order valence-corrected chi connectivity index (χ0v) is 21.2. The predicted molar refractivity (Wildman–Crippen MR) is 133 cm³/mol. The number of guanidine groups is 1. The van der Waals surface area contributed by atoms with Gasteiger partial charge in [-0.15, -0.1) is 24.0 Å². The van der Waals surface area contributed by atoms with E-state index >= 15 is 0 Å². The van der Waals surface area contributed by atoms with Crippen LogP contribution in [0.4, 0.5) is 0 Å². The molecule has 0 unspecified atom stereocenters. The highest BCUT2D eigenvalue weighted by Crippen LogP contribution is 2.32. The molecule has 0 saturated heterocycles. The average Bonchev–Trinajstić information content (AvgIpc) is 3.24. The van der Waals surface area contributed by atoms with Crippen molar-refractivity contribution >= 4 is 40.0 Å². The minimum atomic E-state index is -3.57. The van der Waals surface area contributed by atoms with Crippen molar-refractivity contribution in [1.82, 2.24) is 15.4 Å². The van der Waals surface area contributed by atoms with Crippen LogP contribution in [-0.2, 0) is 27.7 Å². The maximum absolute atomic E-state index is 12.4. The Hall–Kier alpha value is -2.09. The van der Waals surface area contributed by atoms with Crippen LogP contribution in [0.5, 0.6) is 11.5 Å². The summed E-state index contributed by atoms with van der Waals surface area (Å²) in [6.07, 6.45) is 0.790. The standard InChI is InChI=1S/C21H28N4O5S.HI/c1-22-21(23-9-8-16-6-7-19-20(13-16)30-15-29-19)24-14-17-4-3-5-18(12-17)31(26,27)25-10-11-28-2;/h3-7,12-13,25H,8-11,14-15H2,1-2H3,(H2,22,23,24);1H. The number of halogens is 1. The summed E-state index contributed by atoms with van der Waals surface area (Å²) in [6.45, 7) is 1.91. The van der Waals surface area contributed by atoms with Gasteiger partial charge in [0.25, 0.3) is 0 Å². The second kappa shape index (κ2) is 12.8. The molecule has 9 nitrogen and oxygen atoms in total. The number of aliphatic imine (C=N–C) groups is 1. The second-order valence-corrected chi connectivity index (χ2v) is 8.60. The van der Waals surface area contributed by atoms with Crippen molar-refractivity contribution in [2.75, 3.05) is 40.6 Å². The largest absolute Gasteiger partial charge is 0.454 e. The monoisotopic (exact) mass is 576 g/mol. The number of methoxy groups -OCH3 is 1. The van der Waals surface area contributed by atoms with Crippen molar-refractivity contribution in [1.29, 1.82) is 0 Å². The van der Waals surface area contributed by atoms with Gasteiger partial charge in [0, 0.05) is 33.8 Å². The van der Waals surface area contributed by atoms with Crippen molar-refractivity contribution in [3.63, 3.8) is 0 Å². The highest BCUT2D eigenvalue weighted by atomic mass is 127. The zero-order valence-electron chi connectivity index (χ0n) is 18.1. The fourth-order valence-corrected chi connectivity index (χ4v) is 4.10. The summed E-state index contributed by atoms with van der Waals surface area (Å²) in [7, 11) is -0.356. The fraction of sp³-hybridized carbons (Fsp3) is 0.381. The number of sulfonamides is 1. The number of rotatable bonds is 10. The first-order valence-corrected chi connectivity index (χ1v) is 11.4. The topological polar surface area (TPSA) is 110 Å². The van der Waals surface area contributed by atoms with Crippen LogP contribution < -0.4 is 24.8 Å². The number of hydrogen-bond acceptors (Lipinski definition) is 6. The van der Waals surface area contributed by atoms with Gasteiger partial charge in [-0.25, -0.2) is 13.1 Å². The number of nitrogens with zero attached hydrogens (tertiary/aromatic N) is 1. The highest BCUT2D eigenvalue weighted by Gasteiger charge is 2.14. The van der Waals surface area contributed by atoms with Crippen molar-refractivity contribution < 1.29 is 22.6 Å². The molecule has 0 atom stereocenters. The summed E-state index contributed by atoms with van der Waals surface area (Å²) in [5.74, 6) is 2.17. The summed E-state index contributed by atoms with van der Waals surface area (Å²) in [5, 5.41) is 6.46. The van der Waals surface area contributed by atoms with Gasteiger partial charge < -0.3 is 24.8 Å². The van der Waals surface area contributed by atoms with E-state index in [4.69, 9.17) is 14.2 Å². The molecule has 3 N–H and O–H groups in total. The lowest BCUT2D eigenvalue weighted by atomic mass is 10.1. The van der Waals surface area contributed by atoms with Gasteiger partial charge in [0.2, 0.25) is 16.8 Å². The molecule has 1 heterocycles. The van der Waals surface area contributed by atoms with Gasteiger partial charge in [-0.05, 0) is 41.8 Å². The van der Waals surface area contributed by atoms with E-state index < -0.39 is 10.0 Å². The molecule has 3 rings (SSSR count). The lowest BCUT2D eigenvalue weighted by Gasteiger charge is -2.13. The average molecular weight is 576 g/mol. The molecule has 0 amide bonds. The molecule has 1 aliphatic rings. The Morgan fingerprint density at radius 1 is 1.06 bits per heavy atom. The van der Waals surface area contributed by atoms with Gasteiger partial charge in [-0.2, -0.15) is 0 Å². The third-order valence-corrected chi connectivity index (χ3v) is 6.09. The highest BCUT2D eigenvalue weighted by molar-refractivity contribution is 14.0. The molecule has 0 saturated carbocycles. The second-order valence-electron chi connectivity index (χ2n) is 6.83. The summed E-state index contributed by atoms with van der Waals surface area (Å²) < 4.78 is 42.8. The van der Waals surface area contributed by atoms with Gasteiger partial charge in [-0.3, -0.25) is 4.99 Å². The van der Waals surface area contributed by atoms with Crippen LogP contribution in [0.3, 0.4) is 0 Å². The summed E-state index contributed by atoms with van der Waals surface area (Å²) in [5.41, 5.74) is 1.96. The SMILES string of the molecule is CN=C(NCCc1ccc2c(c1)OCO2)NCc1cccc(S(=O)(=O)NCCOC)c1.I. The molecule has 2 aromatic carbocycles. The molecule has 2 aromatic rings. The fourth-order valence-electron chi connectivity index (χ4n) is 3.01. The molecule has 1 aliphatic heterocycles. The van der Waals surface area contributed by atoms with Crippen LogP contribution in [0.25, 0.3) is 0 Å². The van der Waals surface area contributed by atoms with Crippen LogP contribution in [0.2, 0.25) is 0 Å². The van der Waals surface area contributed by atoms with E-state index in [-0.39, 0.29) is 42.2 Å². The molecule has 32 heavy (non-hydrogen) atoms. The van der Waals surface area contributed by atoms with E-state index in [9.17, 15) is 8.42 Å². The van der Waals surface area contributed by atoms with Gasteiger partial charge >= 0.3 is 0 Å². The van der Waals surface area contributed by atoms with E-state index in [0.29, 0.717) is 25.7 Å². The Morgan fingerprint density at radius 3 is 2.66 bits per heavy atom. The maximum atomic E-state index is 12.4. The van der Waals surface area contributed by atoms with E-state index in [1.165, 1.54) is 7.11 Å². The Morgan fingerprint density at radius 2 is 1.88 bits per heavy atom. The Labute approximate surface area is 206 Å². The van der Waals surface area contributed by atoms with Crippen LogP contribution in [-0.4, -0.2) is 55.0 Å². The summed E-state index contributed by atoms with van der Waals surface area (Å²) in [6, 6.07) is 12.7. The third kappa shape index (κ3) is 7.50. The van der Waals surface area contributed by atoms with Crippen molar-refractivity contribution in [2.24, 2.45) is 4.99 Å². The predicted octanol–water partition coefficient (Wildman–Crippen LogP) is 1.87. The number of ether oxygens (including phenoxy) is 3. The number of nitrogens with one attached hydrogen (secondary N) is 3. The maximum Gasteiger partial charge on any atom is 0.240 e. The minimum absolute atomic E-state index is 0. The quantitative estimate of drug-likeness (QED) is 0.172. The first kappa shape index (κ1) is 26.2. The molecule has 0 bridgehead atoms. The molecule has 11 heteroatoms. The lowest BCUT2D eigenvalue weighted by molar-refractivity contribution is 0.174. The summed E-state index contributed by atoms with van der Waals surface area (Å²) in [4.78, 5) is 4.43. The van der Waals surface area contributed by atoms with Crippen LogP contribution in [0.1, 0.15) is 11.1 Å². The zero-order chi connectivity index (χ0) is 22.1. The van der Waals surface area contributed by atoms with Crippen molar-refractivity contribution in [3.05, 3.63) is 53.6 Å². The van der Waals surface area contributed by atoms with E-state index in [1.54, 1.807) is 25.2 Å². The molecule has 176 valence electrons. The van der Waals surface area contributed by atoms with Crippen LogP contribution in [0.15, 0.2) is 52.4 Å².